The number of benzene rings is 2. The van der Waals surface area contributed by atoms with Gasteiger partial charge in [0.05, 0.1) is 12.2 Å². The zero-order chi connectivity index (χ0) is 17.6. The predicted octanol–water partition coefficient (Wildman–Crippen LogP) is 3.35. The maximum Gasteiger partial charge on any atom is 0.269 e. The topological polar surface area (TPSA) is 46.9 Å². The van der Waals surface area contributed by atoms with E-state index in [-0.39, 0.29) is 11.7 Å². The standard InChI is InChI=1S/C20H20FN3O/c1-15-13-19(20(25)22-12-11-16-5-3-2-4-6-16)24(23-15)14-17-7-9-18(21)10-8-17/h2-10,13H,11-12,14H2,1H3,(H,22,25). The second kappa shape index (κ2) is 7.75. The van der Waals surface area contributed by atoms with Crippen LogP contribution in [0.4, 0.5) is 4.39 Å². The normalized spacial score (nSPS) is 10.6. The van der Waals surface area contributed by atoms with Crippen LogP contribution in [0.3, 0.4) is 0 Å². The molecule has 4 nitrogen and oxygen atoms in total. The minimum atomic E-state index is -0.278. The third-order valence-electron chi connectivity index (χ3n) is 3.92. The van der Waals surface area contributed by atoms with E-state index in [0.29, 0.717) is 18.8 Å². The van der Waals surface area contributed by atoms with Crippen molar-refractivity contribution < 1.29 is 9.18 Å². The van der Waals surface area contributed by atoms with Crippen LogP contribution in [0, 0.1) is 12.7 Å². The fraction of sp³-hybridized carbons (Fsp3) is 0.200. The molecule has 1 heterocycles. The zero-order valence-electron chi connectivity index (χ0n) is 14.1. The number of halogens is 1. The second-order valence-electron chi connectivity index (χ2n) is 5.95. The molecule has 0 bridgehead atoms. The van der Waals surface area contributed by atoms with E-state index in [4.69, 9.17) is 0 Å². The van der Waals surface area contributed by atoms with E-state index in [1.807, 2.05) is 37.3 Å². The minimum Gasteiger partial charge on any atom is -0.350 e. The van der Waals surface area contributed by atoms with Gasteiger partial charge in [-0.05, 0) is 42.7 Å². The molecule has 0 atom stereocenters. The number of aryl methyl sites for hydroxylation is 1. The third-order valence-corrected chi connectivity index (χ3v) is 3.92. The number of rotatable bonds is 6. The molecule has 128 valence electrons. The van der Waals surface area contributed by atoms with E-state index in [1.165, 1.54) is 17.7 Å². The second-order valence-corrected chi connectivity index (χ2v) is 5.95. The molecule has 0 saturated heterocycles. The molecule has 3 rings (SSSR count). The highest BCUT2D eigenvalue weighted by Gasteiger charge is 2.14. The van der Waals surface area contributed by atoms with Gasteiger partial charge in [0, 0.05) is 6.54 Å². The van der Waals surface area contributed by atoms with E-state index in [2.05, 4.69) is 10.4 Å². The Balaban J connectivity index is 1.65. The van der Waals surface area contributed by atoms with Crippen molar-refractivity contribution >= 4 is 5.91 Å². The van der Waals surface area contributed by atoms with Crippen LogP contribution < -0.4 is 5.32 Å². The summed E-state index contributed by atoms with van der Waals surface area (Å²) in [6.07, 6.45) is 0.775. The first kappa shape index (κ1) is 16.9. The summed E-state index contributed by atoms with van der Waals surface area (Å²) >= 11 is 0. The first-order valence-electron chi connectivity index (χ1n) is 8.23. The third kappa shape index (κ3) is 4.53. The fourth-order valence-corrected chi connectivity index (χ4v) is 2.67. The van der Waals surface area contributed by atoms with E-state index < -0.39 is 0 Å². The van der Waals surface area contributed by atoms with Crippen molar-refractivity contribution in [1.29, 1.82) is 0 Å². The van der Waals surface area contributed by atoms with Crippen molar-refractivity contribution in [2.24, 2.45) is 0 Å². The van der Waals surface area contributed by atoms with Gasteiger partial charge in [-0.1, -0.05) is 42.5 Å². The highest BCUT2D eigenvalue weighted by atomic mass is 19.1. The monoisotopic (exact) mass is 337 g/mol. The van der Waals surface area contributed by atoms with Crippen molar-refractivity contribution in [2.75, 3.05) is 6.54 Å². The molecule has 3 aromatic rings. The van der Waals surface area contributed by atoms with Crippen LogP contribution in [0.15, 0.2) is 60.7 Å². The van der Waals surface area contributed by atoms with Gasteiger partial charge >= 0.3 is 0 Å². The van der Waals surface area contributed by atoms with E-state index in [9.17, 15) is 9.18 Å². The average molecular weight is 337 g/mol. The lowest BCUT2D eigenvalue weighted by molar-refractivity contribution is 0.0944. The van der Waals surface area contributed by atoms with Crippen molar-refractivity contribution in [2.45, 2.75) is 19.9 Å². The number of hydrogen-bond acceptors (Lipinski definition) is 2. The van der Waals surface area contributed by atoms with Crippen LogP contribution >= 0.6 is 0 Å². The summed E-state index contributed by atoms with van der Waals surface area (Å²) in [7, 11) is 0. The number of carbonyl (C=O) groups is 1. The summed E-state index contributed by atoms with van der Waals surface area (Å²) in [6, 6.07) is 18.0. The van der Waals surface area contributed by atoms with E-state index in [1.54, 1.807) is 22.9 Å². The van der Waals surface area contributed by atoms with Crippen LogP contribution in [0.25, 0.3) is 0 Å². The smallest absolute Gasteiger partial charge is 0.269 e. The largest absolute Gasteiger partial charge is 0.350 e. The van der Waals surface area contributed by atoms with Gasteiger partial charge in [0.15, 0.2) is 0 Å². The Hall–Kier alpha value is -2.95. The number of hydrogen-bond donors (Lipinski definition) is 1. The first-order chi connectivity index (χ1) is 12.1. The molecule has 0 spiro atoms. The van der Waals surface area contributed by atoms with Gasteiger partial charge in [-0.2, -0.15) is 5.10 Å². The molecular weight excluding hydrogens is 317 g/mol. The summed E-state index contributed by atoms with van der Waals surface area (Å²) in [6.45, 7) is 2.83. The van der Waals surface area contributed by atoms with Gasteiger partial charge in [-0.25, -0.2) is 4.39 Å². The molecule has 0 saturated carbocycles. The maximum atomic E-state index is 13.0. The minimum absolute atomic E-state index is 0.154. The van der Waals surface area contributed by atoms with Gasteiger partial charge in [-0.3, -0.25) is 9.48 Å². The quantitative estimate of drug-likeness (QED) is 0.750. The predicted molar refractivity (Wildman–Crippen MR) is 94.9 cm³/mol. The Kier molecular flexibility index (Phi) is 5.23. The SMILES string of the molecule is Cc1cc(C(=O)NCCc2ccccc2)n(Cc2ccc(F)cc2)n1. The lowest BCUT2D eigenvalue weighted by atomic mass is 10.1. The number of nitrogens with one attached hydrogen (secondary N) is 1. The van der Waals surface area contributed by atoms with Crippen LogP contribution in [0.2, 0.25) is 0 Å². The summed E-state index contributed by atoms with van der Waals surface area (Å²) in [4.78, 5) is 12.5. The molecule has 25 heavy (non-hydrogen) atoms. The first-order valence-corrected chi connectivity index (χ1v) is 8.23. The highest BCUT2D eigenvalue weighted by Crippen LogP contribution is 2.10. The lowest BCUT2D eigenvalue weighted by Crippen LogP contribution is -2.28. The molecule has 1 amide bonds. The van der Waals surface area contributed by atoms with Gasteiger partial charge in [0.1, 0.15) is 11.5 Å². The average Bonchev–Trinajstić information content (AvgIpc) is 2.98. The van der Waals surface area contributed by atoms with Crippen LogP contribution in [-0.4, -0.2) is 22.2 Å². The number of amides is 1. The number of carbonyl (C=O) groups excluding carboxylic acids is 1. The van der Waals surface area contributed by atoms with Crippen LogP contribution in [0.1, 0.15) is 27.3 Å². The molecule has 0 aliphatic rings. The Morgan fingerprint density at radius 3 is 2.52 bits per heavy atom. The molecule has 1 aromatic heterocycles. The summed E-state index contributed by atoms with van der Waals surface area (Å²) < 4.78 is 14.7. The Labute approximate surface area is 146 Å². The Morgan fingerprint density at radius 2 is 1.80 bits per heavy atom. The molecular formula is C20H20FN3O. The van der Waals surface area contributed by atoms with Crippen molar-refractivity contribution in [3.8, 4) is 0 Å². The van der Waals surface area contributed by atoms with Gasteiger partial charge < -0.3 is 5.32 Å². The number of nitrogens with zero attached hydrogens (tertiary/aromatic N) is 2. The van der Waals surface area contributed by atoms with Crippen LogP contribution in [-0.2, 0) is 13.0 Å². The molecule has 0 fully saturated rings. The maximum absolute atomic E-state index is 13.0. The van der Waals surface area contributed by atoms with E-state index in [0.717, 1.165) is 17.7 Å². The van der Waals surface area contributed by atoms with Crippen LogP contribution in [0.5, 0.6) is 0 Å². The molecule has 0 radical (unpaired) electrons. The van der Waals surface area contributed by atoms with Gasteiger partial charge in [0.25, 0.3) is 5.91 Å². The Morgan fingerprint density at radius 1 is 1.08 bits per heavy atom. The van der Waals surface area contributed by atoms with E-state index >= 15 is 0 Å². The molecule has 5 heteroatoms. The van der Waals surface area contributed by atoms with Gasteiger partial charge in [-0.15, -0.1) is 0 Å². The number of aromatic nitrogens is 2. The lowest BCUT2D eigenvalue weighted by Gasteiger charge is -2.09. The molecule has 2 aromatic carbocycles. The molecule has 0 unspecified atom stereocenters. The molecule has 0 aliphatic heterocycles. The summed E-state index contributed by atoms with van der Waals surface area (Å²) in [5.74, 6) is -0.432. The van der Waals surface area contributed by atoms with Crippen molar-refractivity contribution in [3.63, 3.8) is 0 Å². The molecule has 1 N–H and O–H groups in total. The zero-order valence-corrected chi connectivity index (χ0v) is 14.1. The summed E-state index contributed by atoms with van der Waals surface area (Å²) in [5.41, 5.74) is 3.35. The molecule has 0 aliphatic carbocycles. The Bertz CT molecular complexity index is 841. The van der Waals surface area contributed by atoms with Crippen molar-refractivity contribution in [1.82, 2.24) is 15.1 Å². The summed E-state index contributed by atoms with van der Waals surface area (Å²) in [5, 5.41) is 7.31. The highest BCUT2D eigenvalue weighted by molar-refractivity contribution is 5.92. The van der Waals surface area contributed by atoms with Crippen molar-refractivity contribution in [3.05, 3.63) is 89.0 Å². The fourth-order valence-electron chi connectivity index (χ4n) is 2.67. The van der Waals surface area contributed by atoms with Gasteiger partial charge in [0.2, 0.25) is 0 Å².